The Morgan fingerprint density at radius 3 is 2.10 bits per heavy atom. The molecule has 1 aliphatic rings. The summed E-state index contributed by atoms with van der Waals surface area (Å²) >= 11 is 0. The van der Waals surface area contributed by atoms with Gasteiger partial charge in [0.25, 0.3) is 5.91 Å². The number of amides is 1. The van der Waals surface area contributed by atoms with E-state index >= 15 is 0 Å². The van der Waals surface area contributed by atoms with Crippen molar-refractivity contribution in [3.05, 3.63) is 34.9 Å². The van der Waals surface area contributed by atoms with Gasteiger partial charge in [-0.05, 0) is 31.9 Å². The van der Waals surface area contributed by atoms with Gasteiger partial charge >= 0.3 is 5.97 Å². The average molecular weight is 299 g/mol. The van der Waals surface area contributed by atoms with Crippen LogP contribution in [0.4, 0.5) is 8.78 Å². The molecule has 0 saturated carbocycles. The summed E-state index contributed by atoms with van der Waals surface area (Å²) in [6, 6.07) is 1.11. The number of halogens is 2. The van der Waals surface area contributed by atoms with Gasteiger partial charge in [0.1, 0.15) is 0 Å². The molecule has 0 atom stereocenters. The van der Waals surface area contributed by atoms with E-state index in [9.17, 15) is 23.5 Å². The summed E-state index contributed by atoms with van der Waals surface area (Å²) in [5.41, 5.74) is -1.83. The maximum atomic E-state index is 13.3. The molecular weight excluding hydrogens is 284 g/mol. The average Bonchev–Trinajstić information content (AvgIpc) is 2.40. The molecule has 0 aliphatic carbocycles. The van der Waals surface area contributed by atoms with Crippen LogP contribution in [0.3, 0.4) is 0 Å². The third-order valence-corrected chi connectivity index (χ3v) is 3.65. The molecule has 1 saturated heterocycles. The minimum Gasteiger partial charge on any atom is -0.478 e. The van der Waals surface area contributed by atoms with Crippen LogP contribution in [0, 0.1) is 11.6 Å². The number of hydrogen-bond acceptors (Lipinski definition) is 3. The molecule has 5 nitrogen and oxygen atoms in total. The largest absolute Gasteiger partial charge is 0.478 e. The predicted molar refractivity (Wildman–Crippen MR) is 69.1 cm³/mol. The molecular formula is C14H15F2NO4. The molecule has 0 bridgehead atoms. The first-order chi connectivity index (χ1) is 9.71. The number of likely N-dealkylation sites (tertiary alicyclic amines) is 1. The number of piperidine rings is 1. The zero-order valence-corrected chi connectivity index (χ0v) is 11.4. The summed E-state index contributed by atoms with van der Waals surface area (Å²) in [7, 11) is 0. The smallest absolute Gasteiger partial charge is 0.336 e. The fourth-order valence-corrected chi connectivity index (χ4v) is 2.26. The third-order valence-electron chi connectivity index (χ3n) is 3.65. The topological polar surface area (TPSA) is 77.8 Å². The standard InChI is InChI=1S/C14H15F2NO4/c1-14(21)2-4-17(5-3-14)12(18)8-6-10(15)11(16)7-9(8)13(19)20/h6-7,21H,2-5H2,1H3,(H,19,20). The molecule has 1 heterocycles. The molecule has 0 radical (unpaired) electrons. The van der Waals surface area contributed by atoms with Crippen LogP contribution in [0.1, 0.15) is 40.5 Å². The van der Waals surface area contributed by atoms with Crippen LogP contribution in [-0.2, 0) is 0 Å². The molecule has 114 valence electrons. The van der Waals surface area contributed by atoms with Crippen molar-refractivity contribution in [1.29, 1.82) is 0 Å². The highest BCUT2D eigenvalue weighted by atomic mass is 19.2. The lowest BCUT2D eigenvalue weighted by Gasteiger charge is -2.36. The van der Waals surface area contributed by atoms with Crippen LogP contribution in [0.5, 0.6) is 0 Å². The molecule has 0 unspecified atom stereocenters. The summed E-state index contributed by atoms with van der Waals surface area (Å²) < 4.78 is 26.4. The fraction of sp³-hybridized carbons (Fsp3) is 0.429. The number of carbonyl (C=O) groups is 2. The predicted octanol–water partition coefficient (Wildman–Crippen LogP) is 1.65. The van der Waals surface area contributed by atoms with Crippen molar-refractivity contribution in [2.24, 2.45) is 0 Å². The molecule has 1 aromatic rings. The molecule has 0 spiro atoms. The number of carboxylic acid groups (broad SMARTS) is 1. The Balaban J connectivity index is 2.31. The van der Waals surface area contributed by atoms with E-state index in [-0.39, 0.29) is 18.7 Å². The summed E-state index contributed by atoms with van der Waals surface area (Å²) in [6.45, 7) is 2.10. The zero-order chi connectivity index (χ0) is 15.8. The van der Waals surface area contributed by atoms with E-state index in [1.165, 1.54) is 4.90 Å². The van der Waals surface area contributed by atoms with Crippen LogP contribution in [-0.4, -0.2) is 45.7 Å². The Morgan fingerprint density at radius 1 is 1.14 bits per heavy atom. The van der Waals surface area contributed by atoms with Crippen molar-refractivity contribution in [3.8, 4) is 0 Å². The van der Waals surface area contributed by atoms with Crippen LogP contribution in [0.25, 0.3) is 0 Å². The number of hydrogen-bond donors (Lipinski definition) is 2. The summed E-state index contributed by atoms with van der Waals surface area (Å²) in [6.07, 6.45) is 0.676. The SMILES string of the molecule is CC1(O)CCN(C(=O)c2cc(F)c(F)cc2C(=O)O)CC1. The first-order valence-corrected chi connectivity index (χ1v) is 6.45. The number of rotatable bonds is 2. The molecule has 1 aromatic carbocycles. The van der Waals surface area contributed by atoms with Crippen LogP contribution >= 0.6 is 0 Å². The molecule has 21 heavy (non-hydrogen) atoms. The van der Waals surface area contributed by atoms with Gasteiger partial charge in [-0.25, -0.2) is 13.6 Å². The van der Waals surface area contributed by atoms with Gasteiger partial charge in [-0.15, -0.1) is 0 Å². The number of nitrogens with zero attached hydrogens (tertiary/aromatic N) is 1. The number of carboxylic acids is 1. The van der Waals surface area contributed by atoms with E-state index in [0.717, 1.165) is 0 Å². The number of aliphatic hydroxyl groups is 1. The minimum absolute atomic E-state index is 0.226. The van der Waals surface area contributed by atoms with Gasteiger partial charge in [0, 0.05) is 13.1 Å². The maximum Gasteiger partial charge on any atom is 0.336 e. The molecule has 0 aromatic heterocycles. The number of carbonyl (C=O) groups excluding carboxylic acids is 1. The highest BCUT2D eigenvalue weighted by Crippen LogP contribution is 2.24. The van der Waals surface area contributed by atoms with E-state index in [4.69, 9.17) is 5.11 Å². The van der Waals surface area contributed by atoms with E-state index in [1.807, 2.05) is 0 Å². The zero-order valence-electron chi connectivity index (χ0n) is 11.4. The lowest BCUT2D eigenvalue weighted by atomic mass is 9.93. The van der Waals surface area contributed by atoms with Crippen molar-refractivity contribution in [3.63, 3.8) is 0 Å². The van der Waals surface area contributed by atoms with Crippen molar-refractivity contribution in [2.45, 2.75) is 25.4 Å². The highest BCUT2D eigenvalue weighted by Gasteiger charge is 2.32. The number of aromatic carboxylic acids is 1. The Hall–Kier alpha value is -2.02. The van der Waals surface area contributed by atoms with Gasteiger partial charge in [0.2, 0.25) is 0 Å². The van der Waals surface area contributed by atoms with Crippen molar-refractivity contribution >= 4 is 11.9 Å². The number of benzene rings is 1. The van der Waals surface area contributed by atoms with Crippen molar-refractivity contribution in [2.75, 3.05) is 13.1 Å². The van der Waals surface area contributed by atoms with Gasteiger partial charge in [-0.3, -0.25) is 4.79 Å². The second-order valence-electron chi connectivity index (χ2n) is 5.41. The van der Waals surface area contributed by atoms with E-state index in [1.54, 1.807) is 6.92 Å². The molecule has 2 rings (SSSR count). The van der Waals surface area contributed by atoms with Gasteiger partial charge in [-0.1, -0.05) is 0 Å². The van der Waals surface area contributed by atoms with E-state index < -0.39 is 34.7 Å². The lowest BCUT2D eigenvalue weighted by molar-refractivity contribution is -0.00215. The van der Waals surface area contributed by atoms with Crippen molar-refractivity contribution < 1.29 is 28.6 Å². The third kappa shape index (κ3) is 3.18. The van der Waals surface area contributed by atoms with Gasteiger partial charge in [-0.2, -0.15) is 0 Å². The monoisotopic (exact) mass is 299 g/mol. The fourth-order valence-electron chi connectivity index (χ4n) is 2.26. The molecule has 1 aliphatic heterocycles. The van der Waals surface area contributed by atoms with Gasteiger partial charge < -0.3 is 15.1 Å². The minimum atomic E-state index is -1.50. The second kappa shape index (κ2) is 5.40. The summed E-state index contributed by atoms with van der Waals surface area (Å²) in [5.74, 6) is -4.76. The van der Waals surface area contributed by atoms with Gasteiger partial charge in [0.15, 0.2) is 11.6 Å². The Morgan fingerprint density at radius 2 is 1.62 bits per heavy atom. The Labute approximate surface area is 119 Å². The molecule has 2 N–H and O–H groups in total. The lowest BCUT2D eigenvalue weighted by Crippen LogP contribution is -2.45. The molecule has 1 fully saturated rings. The first kappa shape index (κ1) is 15.4. The van der Waals surface area contributed by atoms with E-state index in [0.29, 0.717) is 25.0 Å². The van der Waals surface area contributed by atoms with Gasteiger partial charge in [0.05, 0.1) is 16.7 Å². The normalized spacial score (nSPS) is 17.6. The molecule has 1 amide bonds. The first-order valence-electron chi connectivity index (χ1n) is 6.45. The second-order valence-corrected chi connectivity index (χ2v) is 5.41. The Bertz CT molecular complexity index is 591. The highest BCUT2D eigenvalue weighted by molar-refractivity contribution is 6.04. The quantitative estimate of drug-likeness (QED) is 0.870. The van der Waals surface area contributed by atoms with Crippen LogP contribution in [0.15, 0.2) is 12.1 Å². The maximum absolute atomic E-state index is 13.3. The molecule has 7 heteroatoms. The Kier molecular flexibility index (Phi) is 3.95. The summed E-state index contributed by atoms with van der Waals surface area (Å²) in [5, 5.41) is 18.8. The van der Waals surface area contributed by atoms with Crippen LogP contribution < -0.4 is 0 Å². The van der Waals surface area contributed by atoms with Crippen molar-refractivity contribution in [1.82, 2.24) is 4.90 Å². The van der Waals surface area contributed by atoms with Crippen LogP contribution in [0.2, 0.25) is 0 Å². The summed E-state index contributed by atoms with van der Waals surface area (Å²) in [4.78, 5) is 24.7. The van der Waals surface area contributed by atoms with E-state index in [2.05, 4.69) is 0 Å².